The van der Waals surface area contributed by atoms with Gasteiger partial charge >= 0.3 is 7.60 Å². The average molecular weight is 254 g/mol. The molecule has 0 rings (SSSR count). The van der Waals surface area contributed by atoms with Crippen molar-refractivity contribution in [1.82, 2.24) is 0 Å². The fourth-order valence-corrected chi connectivity index (χ4v) is 3.19. The number of hydrogen-bond donors (Lipinski definition) is 2. The van der Waals surface area contributed by atoms with Gasteiger partial charge < -0.3 is 19.3 Å². The molecular weight excluding hydrogens is 231 g/mol. The zero-order valence-corrected chi connectivity index (χ0v) is 11.3. The Morgan fingerprint density at radius 2 is 1.56 bits per heavy atom. The van der Waals surface area contributed by atoms with Crippen molar-refractivity contribution in [3.8, 4) is 0 Å². The van der Waals surface area contributed by atoms with Crippen LogP contribution in [0, 0.1) is 0 Å². The van der Waals surface area contributed by atoms with Gasteiger partial charge in [-0.25, -0.2) is 0 Å². The first-order chi connectivity index (χ1) is 7.31. The average Bonchev–Trinajstić information content (AvgIpc) is 2.11. The Hall–Kier alpha value is 0.0700. The summed E-state index contributed by atoms with van der Waals surface area (Å²) in [6, 6.07) is 0. The Morgan fingerprint density at radius 3 is 1.88 bits per heavy atom. The first kappa shape index (κ1) is 16.1. The van der Waals surface area contributed by atoms with Gasteiger partial charge in [-0.15, -0.1) is 0 Å². The maximum atomic E-state index is 12.3. The van der Waals surface area contributed by atoms with E-state index in [2.05, 4.69) is 0 Å². The third-order valence-corrected chi connectivity index (χ3v) is 4.12. The molecule has 2 N–H and O–H groups in total. The zero-order valence-electron chi connectivity index (χ0n) is 10.4. The summed E-state index contributed by atoms with van der Waals surface area (Å²) in [7, 11) is -3.51. The Kier molecular flexibility index (Phi) is 7.44. The highest BCUT2D eigenvalue weighted by Gasteiger charge is 2.36. The first-order valence-electron chi connectivity index (χ1n) is 5.57. The second-order valence-corrected chi connectivity index (χ2v) is 6.29. The molecule has 0 aliphatic heterocycles. The van der Waals surface area contributed by atoms with Crippen LogP contribution >= 0.6 is 7.60 Å². The molecule has 0 saturated carbocycles. The third kappa shape index (κ3) is 5.97. The van der Waals surface area contributed by atoms with Gasteiger partial charge in [0.05, 0.1) is 12.2 Å². The molecule has 0 bridgehead atoms. The molecule has 0 unspecified atom stereocenters. The van der Waals surface area contributed by atoms with Crippen molar-refractivity contribution < 1.29 is 23.8 Å². The molecule has 6 heteroatoms. The van der Waals surface area contributed by atoms with Crippen LogP contribution < -0.4 is 0 Å². The van der Waals surface area contributed by atoms with Gasteiger partial charge in [-0.1, -0.05) is 0 Å². The summed E-state index contributed by atoms with van der Waals surface area (Å²) in [6.45, 7) is 6.87. The monoisotopic (exact) mass is 254 g/mol. The molecular formula is C10H23O5P. The van der Waals surface area contributed by atoms with Gasteiger partial charge in [-0.2, -0.15) is 0 Å². The lowest BCUT2D eigenvalue weighted by atomic mass is 10.3. The van der Waals surface area contributed by atoms with Gasteiger partial charge in [-0.05, 0) is 40.5 Å². The topological polar surface area (TPSA) is 76.0 Å². The van der Waals surface area contributed by atoms with E-state index in [9.17, 15) is 9.67 Å². The highest BCUT2D eigenvalue weighted by molar-refractivity contribution is 7.54. The molecule has 0 fully saturated rings. The van der Waals surface area contributed by atoms with Crippen molar-refractivity contribution in [2.45, 2.75) is 58.6 Å². The van der Waals surface area contributed by atoms with Crippen LogP contribution in [0.25, 0.3) is 0 Å². The van der Waals surface area contributed by atoms with Gasteiger partial charge in [-0.3, -0.25) is 4.57 Å². The maximum Gasteiger partial charge on any atom is 0.359 e. The molecule has 98 valence electrons. The molecule has 1 atom stereocenters. The van der Waals surface area contributed by atoms with Gasteiger partial charge in [0.1, 0.15) is 0 Å². The predicted molar refractivity (Wildman–Crippen MR) is 62.4 cm³/mol. The lowest BCUT2D eigenvalue weighted by Crippen LogP contribution is -2.18. The van der Waals surface area contributed by atoms with Crippen molar-refractivity contribution >= 4 is 7.60 Å². The summed E-state index contributed by atoms with van der Waals surface area (Å²) in [5.41, 5.74) is 0. The molecule has 0 radical (unpaired) electrons. The Bertz CT molecular complexity index is 215. The second-order valence-electron chi connectivity index (χ2n) is 4.19. The summed E-state index contributed by atoms with van der Waals surface area (Å²) < 4.78 is 22.7. The van der Waals surface area contributed by atoms with E-state index in [1.807, 2.05) is 0 Å². The zero-order chi connectivity index (χ0) is 12.8. The van der Waals surface area contributed by atoms with Crippen LogP contribution in [0.5, 0.6) is 0 Å². The standard InChI is InChI=1S/C10H23O5P/c1-8(2)14-16(13,15-9(3)4)10(12)6-5-7-11/h8-12H,5-7H2,1-4H3/t10-/m1/s1. The van der Waals surface area contributed by atoms with E-state index in [0.717, 1.165) is 0 Å². The summed E-state index contributed by atoms with van der Waals surface area (Å²) in [6.07, 6.45) is 0.00287. The van der Waals surface area contributed by atoms with Gasteiger partial charge in [0, 0.05) is 6.61 Å². The minimum Gasteiger partial charge on any atom is -0.396 e. The van der Waals surface area contributed by atoms with Gasteiger partial charge in [0.15, 0.2) is 5.85 Å². The summed E-state index contributed by atoms with van der Waals surface area (Å²) in [5, 5.41) is 18.4. The minimum atomic E-state index is -3.51. The predicted octanol–water partition coefficient (Wildman–Crippen LogP) is 2.12. The van der Waals surface area contributed by atoms with Gasteiger partial charge in [0.2, 0.25) is 0 Å². The van der Waals surface area contributed by atoms with Crippen molar-refractivity contribution in [3.63, 3.8) is 0 Å². The lowest BCUT2D eigenvalue weighted by molar-refractivity contribution is 0.0953. The van der Waals surface area contributed by atoms with E-state index in [-0.39, 0.29) is 25.2 Å². The molecule has 0 spiro atoms. The van der Waals surface area contributed by atoms with Crippen molar-refractivity contribution in [2.24, 2.45) is 0 Å². The fourth-order valence-electron chi connectivity index (χ4n) is 1.19. The highest BCUT2D eigenvalue weighted by atomic mass is 31.2. The summed E-state index contributed by atoms with van der Waals surface area (Å²) >= 11 is 0. The summed E-state index contributed by atoms with van der Waals surface area (Å²) in [5.74, 6) is -1.18. The first-order valence-corrected chi connectivity index (χ1v) is 7.18. The van der Waals surface area contributed by atoms with Crippen LogP contribution in [0.4, 0.5) is 0 Å². The van der Waals surface area contributed by atoms with Crippen LogP contribution in [0.3, 0.4) is 0 Å². The van der Waals surface area contributed by atoms with Crippen LogP contribution in [0.15, 0.2) is 0 Å². The number of aliphatic hydroxyl groups is 2. The van der Waals surface area contributed by atoms with Crippen LogP contribution in [0.1, 0.15) is 40.5 Å². The quantitative estimate of drug-likeness (QED) is 0.649. The molecule has 0 aromatic rings. The molecule has 0 aliphatic carbocycles. The molecule has 0 saturated heterocycles. The van der Waals surface area contributed by atoms with E-state index in [4.69, 9.17) is 14.2 Å². The normalized spacial score (nSPS) is 14.8. The smallest absolute Gasteiger partial charge is 0.359 e. The fraction of sp³-hybridized carbons (Fsp3) is 1.00. The van der Waals surface area contributed by atoms with E-state index in [1.165, 1.54) is 0 Å². The van der Waals surface area contributed by atoms with Crippen molar-refractivity contribution in [1.29, 1.82) is 0 Å². The number of rotatable bonds is 8. The number of hydrogen-bond acceptors (Lipinski definition) is 5. The molecule has 0 aromatic heterocycles. The lowest BCUT2D eigenvalue weighted by Gasteiger charge is -2.26. The Labute approximate surface area is 97.3 Å². The SMILES string of the molecule is CC(C)OP(=O)(OC(C)C)[C@@H](O)CCCO. The van der Waals surface area contributed by atoms with E-state index in [0.29, 0.717) is 6.42 Å². The van der Waals surface area contributed by atoms with Crippen LogP contribution in [-0.2, 0) is 13.6 Å². The summed E-state index contributed by atoms with van der Waals surface area (Å²) in [4.78, 5) is 0. The molecule has 0 aromatic carbocycles. The highest BCUT2D eigenvalue weighted by Crippen LogP contribution is 2.55. The van der Waals surface area contributed by atoms with E-state index in [1.54, 1.807) is 27.7 Å². The van der Waals surface area contributed by atoms with Gasteiger partial charge in [0.25, 0.3) is 0 Å². The Balaban J connectivity index is 4.56. The maximum absolute atomic E-state index is 12.3. The Morgan fingerprint density at radius 1 is 1.12 bits per heavy atom. The van der Waals surface area contributed by atoms with Crippen molar-refractivity contribution in [3.05, 3.63) is 0 Å². The van der Waals surface area contributed by atoms with E-state index < -0.39 is 13.4 Å². The molecule has 0 amide bonds. The minimum absolute atomic E-state index is 0.0551. The molecule has 0 heterocycles. The molecule has 0 aliphatic rings. The van der Waals surface area contributed by atoms with Crippen molar-refractivity contribution in [2.75, 3.05) is 6.61 Å². The van der Waals surface area contributed by atoms with Crippen LogP contribution in [0.2, 0.25) is 0 Å². The number of aliphatic hydroxyl groups excluding tert-OH is 2. The third-order valence-electron chi connectivity index (χ3n) is 1.70. The van der Waals surface area contributed by atoms with Crippen LogP contribution in [-0.4, -0.2) is 34.9 Å². The largest absolute Gasteiger partial charge is 0.396 e. The van der Waals surface area contributed by atoms with E-state index >= 15 is 0 Å². The second kappa shape index (κ2) is 7.41. The molecule has 5 nitrogen and oxygen atoms in total. The molecule has 16 heavy (non-hydrogen) atoms.